The number of halogens is 3. The zero-order valence-electron chi connectivity index (χ0n) is 13.2. The van der Waals surface area contributed by atoms with Gasteiger partial charge in [0.25, 0.3) is 11.8 Å². The molecule has 0 atom stereocenters. The van der Waals surface area contributed by atoms with E-state index in [1.807, 2.05) is 6.07 Å². The molecule has 3 rings (SSSR count). The average Bonchev–Trinajstić information content (AvgIpc) is 3.07. The number of aromatic nitrogens is 2. The number of para-hydroxylation sites is 1. The summed E-state index contributed by atoms with van der Waals surface area (Å²) < 4.78 is 49.5. The average molecular weight is 363 g/mol. The van der Waals surface area contributed by atoms with E-state index in [-0.39, 0.29) is 18.5 Å². The molecule has 1 heterocycles. The lowest BCUT2D eigenvalue weighted by atomic mass is 10.1. The molecule has 0 aliphatic rings. The van der Waals surface area contributed by atoms with Gasteiger partial charge in [-0.05, 0) is 24.3 Å². The maximum absolute atomic E-state index is 13.0. The zero-order chi connectivity index (χ0) is 18.6. The maximum Gasteiger partial charge on any atom is 0.417 e. The molecule has 0 fully saturated rings. The van der Waals surface area contributed by atoms with Gasteiger partial charge in [-0.3, -0.25) is 10.1 Å². The fraction of sp³-hybridized carbons (Fsp3) is 0.118. The molecule has 26 heavy (non-hydrogen) atoms. The van der Waals surface area contributed by atoms with E-state index in [0.717, 1.165) is 12.1 Å². The predicted octanol–water partition coefficient (Wildman–Crippen LogP) is 3.92. The smallest absolute Gasteiger partial charge is 0.417 e. The Balaban J connectivity index is 1.67. The van der Waals surface area contributed by atoms with Gasteiger partial charge in [0.05, 0.1) is 11.1 Å². The van der Waals surface area contributed by atoms with Crippen LogP contribution in [0.5, 0.6) is 5.75 Å². The number of carbonyl (C=O) groups is 1. The Hall–Kier alpha value is -3.36. The Kier molecular flexibility index (Phi) is 4.87. The fourth-order valence-corrected chi connectivity index (χ4v) is 2.12. The molecule has 1 N–H and O–H groups in total. The van der Waals surface area contributed by atoms with E-state index >= 15 is 0 Å². The molecule has 3 aromatic rings. The van der Waals surface area contributed by atoms with Gasteiger partial charge in [0.2, 0.25) is 0 Å². The van der Waals surface area contributed by atoms with Crippen LogP contribution in [0.2, 0.25) is 0 Å². The second-order valence-electron chi connectivity index (χ2n) is 5.10. The molecule has 0 aliphatic carbocycles. The molecule has 1 amide bonds. The topological polar surface area (TPSA) is 77.2 Å². The van der Waals surface area contributed by atoms with E-state index in [0.29, 0.717) is 5.75 Å². The molecule has 6 nitrogen and oxygen atoms in total. The highest BCUT2D eigenvalue weighted by Gasteiger charge is 2.35. The summed E-state index contributed by atoms with van der Waals surface area (Å²) in [4.78, 5) is 12.1. The minimum absolute atomic E-state index is 0.0496. The molecule has 0 saturated carbocycles. The van der Waals surface area contributed by atoms with Crippen LogP contribution in [0, 0.1) is 0 Å². The van der Waals surface area contributed by atoms with Crippen molar-refractivity contribution < 1.29 is 27.1 Å². The summed E-state index contributed by atoms with van der Waals surface area (Å²) in [5.74, 6) is -0.360. The van der Waals surface area contributed by atoms with E-state index in [1.165, 1.54) is 12.1 Å². The van der Waals surface area contributed by atoms with Gasteiger partial charge in [-0.15, -0.1) is 5.10 Å². The molecule has 0 aliphatic heterocycles. The summed E-state index contributed by atoms with van der Waals surface area (Å²) in [6.45, 7) is -0.0496. The first-order valence-corrected chi connectivity index (χ1v) is 7.41. The summed E-state index contributed by atoms with van der Waals surface area (Å²) >= 11 is 0. The van der Waals surface area contributed by atoms with Crippen LogP contribution in [-0.4, -0.2) is 16.1 Å². The molecule has 0 saturated heterocycles. The van der Waals surface area contributed by atoms with E-state index in [1.54, 1.807) is 24.3 Å². The van der Waals surface area contributed by atoms with Gasteiger partial charge in [0.1, 0.15) is 5.75 Å². The Labute approximate surface area is 145 Å². The maximum atomic E-state index is 13.0. The van der Waals surface area contributed by atoms with Crippen molar-refractivity contribution in [3.63, 3.8) is 0 Å². The van der Waals surface area contributed by atoms with Gasteiger partial charge < -0.3 is 9.15 Å². The third kappa shape index (κ3) is 4.18. The molecule has 0 spiro atoms. The first kappa shape index (κ1) is 17.5. The number of alkyl halides is 3. The minimum Gasteiger partial charge on any atom is -0.484 e. The molecule has 134 valence electrons. The van der Waals surface area contributed by atoms with Crippen molar-refractivity contribution in [2.75, 3.05) is 5.32 Å². The van der Waals surface area contributed by atoms with Gasteiger partial charge in [-0.25, -0.2) is 0 Å². The summed E-state index contributed by atoms with van der Waals surface area (Å²) in [7, 11) is 0. The lowest BCUT2D eigenvalue weighted by Crippen LogP contribution is -2.18. The van der Waals surface area contributed by atoms with Gasteiger partial charge in [0, 0.05) is 0 Å². The third-order valence-corrected chi connectivity index (χ3v) is 3.27. The molecular weight excluding hydrogens is 351 g/mol. The number of nitrogens with one attached hydrogen (secondary N) is 1. The Morgan fingerprint density at radius 1 is 1.04 bits per heavy atom. The Morgan fingerprint density at radius 2 is 1.73 bits per heavy atom. The molecule has 1 aromatic heterocycles. The number of hydrogen-bond acceptors (Lipinski definition) is 5. The highest BCUT2D eigenvalue weighted by atomic mass is 19.4. The first-order chi connectivity index (χ1) is 12.4. The molecule has 0 radical (unpaired) electrons. The van der Waals surface area contributed by atoms with Crippen molar-refractivity contribution in [3.8, 4) is 5.75 Å². The summed E-state index contributed by atoms with van der Waals surface area (Å²) in [6.07, 6.45) is -4.66. The quantitative estimate of drug-likeness (QED) is 0.743. The van der Waals surface area contributed by atoms with Gasteiger partial charge in [0.15, 0.2) is 6.61 Å². The Morgan fingerprint density at radius 3 is 2.46 bits per heavy atom. The summed E-state index contributed by atoms with van der Waals surface area (Å²) in [6, 6.07) is 12.9. The number of carbonyl (C=O) groups excluding carboxylic acids is 1. The standard InChI is InChI=1S/C17H12F3N3O3/c18-17(19,20)13-9-5-4-8-12(13)15(24)21-16-23-22-14(26-16)10-25-11-6-2-1-3-7-11/h1-9H,10H2,(H,21,23,24). The highest BCUT2D eigenvalue weighted by molar-refractivity contribution is 6.04. The molecule has 0 bridgehead atoms. The summed E-state index contributed by atoms with van der Waals surface area (Å²) in [5, 5.41) is 9.40. The second-order valence-corrected chi connectivity index (χ2v) is 5.10. The second kappa shape index (κ2) is 7.26. The molecule has 0 unspecified atom stereocenters. The summed E-state index contributed by atoms with van der Waals surface area (Å²) in [5.41, 5.74) is -1.59. The normalized spacial score (nSPS) is 11.2. The molecule has 2 aromatic carbocycles. The lowest BCUT2D eigenvalue weighted by molar-refractivity contribution is -0.137. The van der Waals surface area contributed by atoms with Crippen LogP contribution in [0.15, 0.2) is 59.0 Å². The number of benzene rings is 2. The van der Waals surface area contributed by atoms with Crippen LogP contribution < -0.4 is 10.1 Å². The molecular formula is C17H12F3N3O3. The lowest BCUT2D eigenvalue weighted by Gasteiger charge is -2.11. The number of ether oxygens (including phenoxy) is 1. The minimum atomic E-state index is -4.66. The van der Waals surface area contributed by atoms with Gasteiger partial charge in [-0.1, -0.05) is 35.4 Å². The van der Waals surface area contributed by atoms with Crippen LogP contribution in [0.1, 0.15) is 21.8 Å². The van der Waals surface area contributed by atoms with E-state index < -0.39 is 23.2 Å². The van der Waals surface area contributed by atoms with Crippen molar-refractivity contribution >= 4 is 11.9 Å². The van der Waals surface area contributed by atoms with Crippen molar-refractivity contribution in [2.24, 2.45) is 0 Å². The SMILES string of the molecule is O=C(Nc1nnc(COc2ccccc2)o1)c1ccccc1C(F)(F)F. The zero-order valence-corrected chi connectivity index (χ0v) is 13.2. The van der Waals surface area contributed by atoms with Crippen molar-refractivity contribution in [2.45, 2.75) is 12.8 Å². The largest absolute Gasteiger partial charge is 0.484 e. The van der Waals surface area contributed by atoms with Gasteiger partial charge >= 0.3 is 12.2 Å². The van der Waals surface area contributed by atoms with Crippen LogP contribution in [0.4, 0.5) is 19.2 Å². The van der Waals surface area contributed by atoms with Crippen molar-refractivity contribution in [1.29, 1.82) is 0 Å². The number of hydrogen-bond donors (Lipinski definition) is 1. The number of amides is 1. The van der Waals surface area contributed by atoms with Crippen molar-refractivity contribution in [3.05, 3.63) is 71.6 Å². The number of anilines is 1. The monoisotopic (exact) mass is 363 g/mol. The highest BCUT2D eigenvalue weighted by Crippen LogP contribution is 2.32. The van der Waals surface area contributed by atoms with Crippen LogP contribution >= 0.6 is 0 Å². The van der Waals surface area contributed by atoms with E-state index in [9.17, 15) is 18.0 Å². The van der Waals surface area contributed by atoms with E-state index in [2.05, 4.69) is 15.5 Å². The van der Waals surface area contributed by atoms with Crippen LogP contribution in [0.3, 0.4) is 0 Å². The van der Waals surface area contributed by atoms with Crippen molar-refractivity contribution in [1.82, 2.24) is 10.2 Å². The van der Waals surface area contributed by atoms with E-state index in [4.69, 9.17) is 9.15 Å². The number of nitrogens with zero attached hydrogens (tertiary/aromatic N) is 2. The van der Waals surface area contributed by atoms with Crippen LogP contribution in [-0.2, 0) is 12.8 Å². The third-order valence-electron chi connectivity index (χ3n) is 3.27. The Bertz CT molecular complexity index is 895. The fourth-order valence-electron chi connectivity index (χ4n) is 2.12. The number of rotatable bonds is 5. The predicted molar refractivity (Wildman–Crippen MR) is 84.5 cm³/mol. The van der Waals surface area contributed by atoms with Gasteiger partial charge in [-0.2, -0.15) is 13.2 Å². The first-order valence-electron chi connectivity index (χ1n) is 7.41. The van der Waals surface area contributed by atoms with Crippen LogP contribution in [0.25, 0.3) is 0 Å². The molecule has 9 heteroatoms.